The molecule has 3 rings (SSSR count). The van der Waals surface area contributed by atoms with Gasteiger partial charge in [0.2, 0.25) is 0 Å². The molecule has 0 spiro atoms. The lowest BCUT2D eigenvalue weighted by Gasteiger charge is -2.26. The zero-order valence-corrected chi connectivity index (χ0v) is 15.5. The van der Waals surface area contributed by atoms with Crippen molar-refractivity contribution in [2.45, 2.75) is 25.8 Å². The molecule has 1 N–H and O–H groups in total. The topological polar surface area (TPSA) is 52.6 Å². The smallest absolute Gasteiger partial charge is 0.317 e. The molecule has 0 radical (unpaired) electrons. The van der Waals surface area contributed by atoms with Crippen molar-refractivity contribution in [3.05, 3.63) is 28.8 Å². The molecule has 2 fully saturated rings. The highest BCUT2D eigenvalue weighted by Crippen LogP contribution is 2.27. The van der Waals surface area contributed by atoms with Gasteiger partial charge in [-0.3, -0.25) is 4.21 Å². The summed E-state index contributed by atoms with van der Waals surface area (Å²) in [6.45, 7) is 5.18. The van der Waals surface area contributed by atoms with E-state index in [1.165, 1.54) is 0 Å². The molecule has 2 atom stereocenters. The Morgan fingerprint density at radius 3 is 2.88 bits per heavy atom. The van der Waals surface area contributed by atoms with Crippen molar-refractivity contribution in [2.75, 3.05) is 42.6 Å². The van der Waals surface area contributed by atoms with Crippen LogP contribution in [0.4, 0.5) is 10.5 Å². The highest BCUT2D eigenvalue weighted by molar-refractivity contribution is 7.85. The monoisotopic (exact) mass is 369 g/mol. The number of nitrogens with zero attached hydrogens (tertiary/aromatic N) is 2. The van der Waals surface area contributed by atoms with Crippen LogP contribution in [0.2, 0.25) is 5.02 Å². The molecule has 0 aliphatic carbocycles. The first-order valence-corrected chi connectivity index (χ1v) is 10.3. The van der Waals surface area contributed by atoms with Crippen LogP contribution in [0.3, 0.4) is 0 Å². The van der Waals surface area contributed by atoms with Gasteiger partial charge in [-0.1, -0.05) is 17.7 Å². The van der Waals surface area contributed by atoms with Crippen LogP contribution in [-0.2, 0) is 10.8 Å². The summed E-state index contributed by atoms with van der Waals surface area (Å²) in [7, 11) is -0.767. The Hall–Kier alpha value is -1.27. The van der Waals surface area contributed by atoms with Crippen LogP contribution in [-0.4, -0.2) is 58.9 Å². The zero-order valence-electron chi connectivity index (χ0n) is 14.0. The third-order valence-electron chi connectivity index (χ3n) is 4.77. The minimum Gasteiger partial charge on any atom is -0.369 e. The van der Waals surface area contributed by atoms with E-state index in [9.17, 15) is 9.00 Å². The van der Waals surface area contributed by atoms with Crippen molar-refractivity contribution >= 4 is 34.1 Å². The van der Waals surface area contributed by atoms with Gasteiger partial charge in [0.25, 0.3) is 0 Å². The van der Waals surface area contributed by atoms with Gasteiger partial charge in [0.05, 0.1) is 0 Å². The highest BCUT2D eigenvalue weighted by Gasteiger charge is 2.26. The summed E-state index contributed by atoms with van der Waals surface area (Å²) in [4.78, 5) is 16.6. The van der Waals surface area contributed by atoms with Crippen LogP contribution in [0.15, 0.2) is 18.2 Å². The van der Waals surface area contributed by atoms with E-state index in [-0.39, 0.29) is 12.1 Å². The van der Waals surface area contributed by atoms with Gasteiger partial charge in [-0.2, -0.15) is 0 Å². The molecular weight excluding hydrogens is 346 g/mol. The Morgan fingerprint density at radius 2 is 2.12 bits per heavy atom. The summed E-state index contributed by atoms with van der Waals surface area (Å²) < 4.78 is 11.5. The Bertz CT molecular complexity index is 640. The van der Waals surface area contributed by atoms with Gasteiger partial charge in [-0.25, -0.2) is 4.79 Å². The van der Waals surface area contributed by atoms with E-state index < -0.39 is 10.8 Å². The molecule has 2 unspecified atom stereocenters. The second-order valence-corrected chi connectivity index (χ2v) is 8.49. The van der Waals surface area contributed by atoms with E-state index in [1.807, 2.05) is 24.0 Å². The number of nitrogens with one attached hydrogen (secondary N) is 1. The van der Waals surface area contributed by atoms with Crippen molar-refractivity contribution in [1.82, 2.24) is 10.2 Å². The largest absolute Gasteiger partial charge is 0.369 e. The van der Waals surface area contributed by atoms with Crippen LogP contribution in [0.1, 0.15) is 18.4 Å². The summed E-state index contributed by atoms with van der Waals surface area (Å²) >= 11 is 6.23. The van der Waals surface area contributed by atoms with Crippen molar-refractivity contribution in [1.29, 1.82) is 0 Å². The van der Waals surface area contributed by atoms with Gasteiger partial charge < -0.3 is 15.1 Å². The van der Waals surface area contributed by atoms with Crippen LogP contribution >= 0.6 is 11.6 Å². The number of hydrogen-bond acceptors (Lipinski definition) is 3. The van der Waals surface area contributed by atoms with Crippen molar-refractivity contribution in [2.24, 2.45) is 0 Å². The molecule has 1 aromatic rings. The number of benzene rings is 1. The molecule has 2 aliphatic rings. The Kier molecular flexibility index (Phi) is 5.66. The molecule has 1 aromatic carbocycles. The number of carbonyl (C=O) groups excluding carboxylic acids is 1. The number of halogens is 1. The van der Waals surface area contributed by atoms with Crippen LogP contribution in [0.5, 0.6) is 0 Å². The minimum atomic E-state index is -0.767. The Morgan fingerprint density at radius 1 is 1.29 bits per heavy atom. The summed E-state index contributed by atoms with van der Waals surface area (Å²) in [5, 5.41) is 3.81. The van der Waals surface area contributed by atoms with Crippen LogP contribution < -0.4 is 10.2 Å². The van der Waals surface area contributed by atoms with E-state index >= 15 is 0 Å². The number of amides is 2. The summed E-state index contributed by atoms with van der Waals surface area (Å²) in [5.74, 6) is 1.29. The molecule has 7 heteroatoms. The van der Waals surface area contributed by atoms with E-state index in [1.54, 1.807) is 0 Å². The van der Waals surface area contributed by atoms with Crippen LogP contribution in [0.25, 0.3) is 0 Å². The fourth-order valence-corrected chi connectivity index (χ4v) is 4.93. The average Bonchev–Trinajstić information content (AvgIpc) is 2.82. The van der Waals surface area contributed by atoms with Gasteiger partial charge >= 0.3 is 6.03 Å². The van der Waals surface area contributed by atoms with Crippen molar-refractivity contribution in [3.63, 3.8) is 0 Å². The van der Waals surface area contributed by atoms with Crippen molar-refractivity contribution < 1.29 is 9.00 Å². The lowest BCUT2D eigenvalue weighted by Crippen LogP contribution is -2.46. The first-order valence-electron chi connectivity index (χ1n) is 8.45. The van der Waals surface area contributed by atoms with Gasteiger partial charge in [0.1, 0.15) is 0 Å². The molecule has 2 heterocycles. The fraction of sp³-hybridized carbons (Fsp3) is 0.588. The predicted octanol–water partition coefficient (Wildman–Crippen LogP) is 2.39. The number of rotatable bonds is 2. The second-order valence-electron chi connectivity index (χ2n) is 6.46. The number of urea groups is 1. The molecule has 0 bridgehead atoms. The SMILES string of the molecule is Cc1c(Cl)cccc1N1CCCN(C(=O)NC2CCS(=O)C2)CC1. The third kappa shape index (κ3) is 4.03. The third-order valence-corrected chi connectivity index (χ3v) is 6.65. The molecular formula is C17H24ClN3O2S. The minimum absolute atomic E-state index is 0.0245. The molecule has 0 aromatic heterocycles. The van der Waals surface area contributed by atoms with E-state index in [2.05, 4.69) is 16.3 Å². The Labute approximate surface area is 150 Å². The highest BCUT2D eigenvalue weighted by atomic mass is 35.5. The lowest BCUT2D eigenvalue weighted by atomic mass is 10.1. The lowest BCUT2D eigenvalue weighted by molar-refractivity contribution is 0.198. The maximum Gasteiger partial charge on any atom is 0.317 e. The molecule has 2 saturated heterocycles. The maximum atomic E-state index is 12.5. The average molecular weight is 370 g/mol. The summed E-state index contributed by atoms with van der Waals surface area (Å²) in [6, 6.07) is 6.01. The van der Waals surface area contributed by atoms with Gasteiger partial charge in [0, 0.05) is 65.2 Å². The summed E-state index contributed by atoms with van der Waals surface area (Å²) in [6.07, 6.45) is 1.75. The fourth-order valence-electron chi connectivity index (χ4n) is 3.34. The molecule has 24 heavy (non-hydrogen) atoms. The maximum absolute atomic E-state index is 12.5. The second kappa shape index (κ2) is 7.74. The quantitative estimate of drug-likeness (QED) is 0.870. The van der Waals surface area contributed by atoms with Gasteiger partial charge in [0.15, 0.2) is 0 Å². The van der Waals surface area contributed by atoms with Gasteiger partial charge in [-0.15, -0.1) is 0 Å². The summed E-state index contributed by atoms with van der Waals surface area (Å²) in [5.41, 5.74) is 2.24. The molecule has 2 amide bonds. The Balaban J connectivity index is 1.59. The van der Waals surface area contributed by atoms with E-state index in [4.69, 9.17) is 11.6 Å². The standard InChI is InChI=1S/C17H24ClN3O2S/c1-13-15(18)4-2-5-16(13)20-7-3-8-21(10-9-20)17(22)19-14-6-11-24(23)12-14/h2,4-5,14H,3,6-12H2,1H3,(H,19,22). The number of hydrogen-bond donors (Lipinski definition) is 1. The van der Waals surface area contributed by atoms with Crippen molar-refractivity contribution in [3.8, 4) is 0 Å². The first kappa shape index (κ1) is 17.5. The normalized spacial score (nSPS) is 24.8. The predicted molar refractivity (Wildman–Crippen MR) is 99.4 cm³/mol. The van der Waals surface area contributed by atoms with E-state index in [0.717, 1.165) is 48.7 Å². The molecule has 132 valence electrons. The van der Waals surface area contributed by atoms with Gasteiger partial charge in [-0.05, 0) is 37.5 Å². The number of anilines is 1. The molecule has 5 nitrogen and oxygen atoms in total. The zero-order chi connectivity index (χ0) is 17.1. The first-order chi connectivity index (χ1) is 11.5. The molecule has 0 saturated carbocycles. The van der Waals surface area contributed by atoms with Crippen LogP contribution in [0, 0.1) is 6.92 Å². The van der Waals surface area contributed by atoms with E-state index in [0.29, 0.717) is 18.1 Å². The number of carbonyl (C=O) groups is 1. The molecule has 2 aliphatic heterocycles.